The third-order valence-corrected chi connectivity index (χ3v) is 5.28. The maximum absolute atomic E-state index is 13.6. The number of likely N-dealkylation sites (tertiary alicyclic amines) is 1. The number of methoxy groups -OCH3 is 1. The molecule has 2 N–H and O–H groups in total. The number of aliphatic hydroxyl groups is 1. The molecule has 2 aromatic carbocycles. The Morgan fingerprint density at radius 3 is 3.00 bits per heavy atom. The fourth-order valence-corrected chi connectivity index (χ4v) is 3.92. The summed E-state index contributed by atoms with van der Waals surface area (Å²) < 4.78 is 18.9. The van der Waals surface area contributed by atoms with E-state index in [-0.39, 0.29) is 5.82 Å². The second-order valence-electron chi connectivity index (χ2n) is 7.14. The number of hydrogen-bond acceptors (Lipinski definition) is 4. The summed E-state index contributed by atoms with van der Waals surface area (Å²) in [6, 6.07) is 12.3. The summed E-state index contributed by atoms with van der Waals surface area (Å²) in [6.45, 7) is 2.16. The number of aromatic nitrogens is 2. The van der Waals surface area contributed by atoms with Crippen molar-refractivity contribution in [1.29, 1.82) is 0 Å². The molecule has 0 saturated carbocycles. The zero-order chi connectivity index (χ0) is 18.8. The number of hydrogen-bond donors (Lipinski definition) is 2. The summed E-state index contributed by atoms with van der Waals surface area (Å²) >= 11 is 0. The lowest BCUT2D eigenvalue weighted by Gasteiger charge is -2.33. The third kappa shape index (κ3) is 3.82. The first kappa shape index (κ1) is 17.9. The van der Waals surface area contributed by atoms with Gasteiger partial charge in [-0.3, -0.25) is 4.90 Å². The van der Waals surface area contributed by atoms with Crippen LogP contribution in [-0.4, -0.2) is 46.7 Å². The van der Waals surface area contributed by atoms with Crippen molar-refractivity contribution in [3.8, 4) is 5.75 Å². The molecule has 0 unspecified atom stereocenters. The number of halogens is 1. The molecule has 6 heteroatoms. The molecule has 3 aromatic rings. The molecule has 2 heterocycles. The van der Waals surface area contributed by atoms with Gasteiger partial charge >= 0.3 is 0 Å². The van der Waals surface area contributed by atoms with Gasteiger partial charge in [0.15, 0.2) is 0 Å². The quantitative estimate of drug-likeness (QED) is 0.721. The fraction of sp³-hybridized carbons (Fsp3) is 0.381. The highest BCUT2D eigenvalue weighted by atomic mass is 19.1. The van der Waals surface area contributed by atoms with Crippen LogP contribution in [0.1, 0.15) is 36.3 Å². The highest BCUT2D eigenvalue weighted by Gasteiger charge is 2.26. The van der Waals surface area contributed by atoms with Gasteiger partial charge < -0.3 is 14.8 Å². The largest absolute Gasteiger partial charge is 0.496 e. The third-order valence-electron chi connectivity index (χ3n) is 5.28. The Bertz CT molecular complexity index is 894. The molecule has 4 rings (SSSR count). The van der Waals surface area contributed by atoms with Crippen molar-refractivity contribution in [3.63, 3.8) is 0 Å². The summed E-state index contributed by atoms with van der Waals surface area (Å²) in [5, 5.41) is 10.7. The van der Waals surface area contributed by atoms with Gasteiger partial charge in [-0.25, -0.2) is 9.37 Å². The molecule has 27 heavy (non-hydrogen) atoms. The van der Waals surface area contributed by atoms with E-state index in [0.717, 1.165) is 42.8 Å². The number of H-pyrrole nitrogens is 1. The molecule has 2 atom stereocenters. The lowest BCUT2D eigenvalue weighted by molar-refractivity contribution is 0.0926. The Labute approximate surface area is 157 Å². The van der Waals surface area contributed by atoms with Crippen LogP contribution in [0.2, 0.25) is 0 Å². The SMILES string of the molecule is COc1ccc(F)cc1[C@@H](O)CN1CCC[C@@H](c2nc3ccccc3[nH]2)C1. The number of ether oxygens (including phenoxy) is 1. The minimum Gasteiger partial charge on any atom is -0.496 e. The van der Waals surface area contributed by atoms with Crippen molar-refractivity contribution in [1.82, 2.24) is 14.9 Å². The number of para-hydroxylation sites is 2. The molecule has 1 fully saturated rings. The van der Waals surface area contributed by atoms with Gasteiger partial charge in [0.2, 0.25) is 0 Å². The van der Waals surface area contributed by atoms with Crippen LogP contribution in [0.15, 0.2) is 42.5 Å². The first-order valence-corrected chi connectivity index (χ1v) is 9.32. The Hall–Kier alpha value is -2.44. The minimum absolute atomic E-state index is 0.299. The highest BCUT2D eigenvalue weighted by molar-refractivity contribution is 5.74. The normalized spacial score (nSPS) is 19.3. The summed E-state index contributed by atoms with van der Waals surface area (Å²) in [7, 11) is 1.53. The number of nitrogens with one attached hydrogen (secondary N) is 1. The topological polar surface area (TPSA) is 61.4 Å². The molecule has 0 bridgehead atoms. The lowest BCUT2D eigenvalue weighted by Crippen LogP contribution is -2.37. The van der Waals surface area contributed by atoms with Crippen LogP contribution >= 0.6 is 0 Å². The predicted molar refractivity (Wildman–Crippen MR) is 102 cm³/mol. The van der Waals surface area contributed by atoms with Crippen LogP contribution in [0, 0.1) is 5.82 Å². The molecule has 1 aliphatic heterocycles. The van der Waals surface area contributed by atoms with Gasteiger partial charge in [-0.15, -0.1) is 0 Å². The van der Waals surface area contributed by atoms with Crippen LogP contribution in [0.3, 0.4) is 0 Å². The van der Waals surface area contributed by atoms with Crippen LogP contribution in [0.4, 0.5) is 4.39 Å². The second-order valence-corrected chi connectivity index (χ2v) is 7.14. The molecule has 1 saturated heterocycles. The standard InChI is InChI=1S/C21H24FN3O2/c1-27-20-9-8-15(22)11-16(20)19(26)13-25-10-4-5-14(12-25)21-23-17-6-2-3-7-18(17)24-21/h2-3,6-9,11,14,19,26H,4-5,10,12-13H2,1H3,(H,23,24)/t14-,19+/m1/s1. The molecule has 1 aliphatic rings. The maximum Gasteiger partial charge on any atom is 0.124 e. The number of benzene rings is 2. The van der Waals surface area contributed by atoms with E-state index in [0.29, 0.717) is 23.8 Å². The fourth-order valence-electron chi connectivity index (χ4n) is 3.92. The number of nitrogens with zero attached hydrogens (tertiary/aromatic N) is 2. The molecule has 0 radical (unpaired) electrons. The van der Waals surface area contributed by atoms with Gasteiger partial charge in [-0.05, 0) is 49.7 Å². The average Bonchev–Trinajstić information content (AvgIpc) is 3.12. The van der Waals surface area contributed by atoms with Gasteiger partial charge in [0.25, 0.3) is 0 Å². The second kappa shape index (κ2) is 7.66. The number of β-amino-alcohol motifs (C(OH)–C–C–N with tert-alkyl or cyclic N) is 1. The van der Waals surface area contributed by atoms with Crippen LogP contribution in [-0.2, 0) is 0 Å². The van der Waals surface area contributed by atoms with E-state index in [9.17, 15) is 9.50 Å². The van der Waals surface area contributed by atoms with E-state index in [1.165, 1.54) is 19.2 Å². The van der Waals surface area contributed by atoms with Crippen LogP contribution in [0.5, 0.6) is 5.75 Å². The summed E-state index contributed by atoms with van der Waals surface area (Å²) in [5.74, 6) is 1.44. The molecule has 0 spiro atoms. The zero-order valence-corrected chi connectivity index (χ0v) is 15.4. The smallest absolute Gasteiger partial charge is 0.124 e. The van der Waals surface area contributed by atoms with Crippen molar-refractivity contribution in [3.05, 3.63) is 59.7 Å². The first-order valence-electron chi connectivity index (χ1n) is 9.32. The van der Waals surface area contributed by atoms with Crippen LogP contribution < -0.4 is 4.74 Å². The Morgan fingerprint density at radius 1 is 1.33 bits per heavy atom. The molecular weight excluding hydrogens is 345 g/mol. The highest BCUT2D eigenvalue weighted by Crippen LogP contribution is 2.30. The molecule has 0 amide bonds. The van der Waals surface area contributed by atoms with Gasteiger partial charge in [0.1, 0.15) is 17.4 Å². The van der Waals surface area contributed by atoms with Crippen molar-refractivity contribution in [2.45, 2.75) is 24.9 Å². The Morgan fingerprint density at radius 2 is 2.19 bits per heavy atom. The van der Waals surface area contributed by atoms with E-state index < -0.39 is 6.10 Å². The van der Waals surface area contributed by atoms with E-state index in [2.05, 4.69) is 9.88 Å². The van der Waals surface area contributed by atoms with Crippen molar-refractivity contribution >= 4 is 11.0 Å². The molecule has 142 valence electrons. The minimum atomic E-state index is -0.801. The summed E-state index contributed by atoms with van der Waals surface area (Å²) in [4.78, 5) is 10.4. The molecular formula is C21H24FN3O2. The number of aromatic amines is 1. The summed E-state index contributed by atoms with van der Waals surface area (Å²) in [5.41, 5.74) is 2.52. The number of fused-ring (bicyclic) bond motifs is 1. The zero-order valence-electron chi connectivity index (χ0n) is 15.4. The van der Waals surface area contributed by atoms with Crippen molar-refractivity contribution in [2.24, 2.45) is 0 Å². The molecule has 0 aliphatic carbocycles. The van der Waals surface area contributed by atoms with E-state index in [1.807, 2.05) is 24.3 Å². The van der Waals surface area contributed by atoms with Crippen LogP contribution in [0.25, 0.3) is 11.0 Å². The van der Waals surface area contributed by atoms with E-state index >= 15 is 0 Å². The summed E-state index contributed by atoms with van der Waals surface area (Å²) in [6.07, 6.45) is 1.30. The molecule has 5 nitrogen and oxygen atoms in total. The number of aliphatic hydroxyl groups excluding tert-OH is 1. The van der Waals surface area contributed by atoms with Crippen molar-refractivity contribution < 1.29 is 14.2 Å². The van der Waals surface area contributed by atoms with Gasteiger partial charge in [-0.1, -0.05) is 12.1 Å². The Kier molecular flexibility index (Phi) is 5.09. The monoisotopic (exact) mass is 369 g/mol. The number of piperidine rings is 1. The Balaban J connectivity index is 1.47. The lowest BCUT2D eigenvalue weighted by atomic mass is 9.96. The first-order chi connectivity index (χ1) is 13.1. The van der Waals surface area contributed by atoms with Gasteiger partial charge in [0.05, 0.1) is 24.2 Å². The average molecular weight is 369 g/mol. The van der Waals surface area contributed by atoms with Crippen molar-refractivity contribution in [2.75, 3.05) is 26.7 Å². The van der Waals surface area contributed by atoms with Gasteiger partial charge in [-0.2, -0.15) is 0 Å². The maximum atomic E-state index is 13.6. The number of rotatable bonds is 5. The molecule has 1 aromatic heterocycles. The van der Waals surface area contributed by atoms with E-state index in [4.69, 9.17) is 9.72 Å². The van der Waals surface area contributed by atoms with E-state index in [1.54, 1.807) is 6.07 Å². The van der Waals surface area contributed by atoms with Gasteiger partial charge in [0, 0.05) is 24.6 Å². The predicted octanol–water partition coefficient (Wildman–Crippen LogP) is 3.62. The number of imidazole rings is 1.